The monoisotopic (exact) mass is 495 g/mol. The number of benzene rings is 2. The lowest BCUT2D eigenvalue weighted by atomic mass is 10.2. The average molecular weight is 496 g/mol. The first-order valence-electron chi connectivity index (χ1n) is 11.6. The molecule has 190 valence electrons. The molecule has 0 radical (unpaired) electrons. The number of nitrogens with zero attached hydrogens (tertiary/aromatic N) is 4. The zero-order valence-corrected chi connectivity index (χ0v) is 20.3. The summed E-state index contributed by atoms with van der Waals surface area (Å²) in [5, 5.41) is 6.92. The zero-order valence-electron chi connectivity index (χ0n) is 20.3. The molecule has 0 bridgehead atoms. The van der Waals surface area contributed by atoms with Gasteiger partial charge in [-0.15, -0.1) is 0 Å². The highest BCUT2D eigenvalue weighted by molar-refractivity contribution is 5.91. The largest absolute Gasteiger partial charge is 0.497 e. The molecule has 11 heteroatoms. The fourth-order valence-corrected chi connectivity index (χ4v) is 3.88. The van der Waals surface area contributed by atoms with Crippen LogP contribution in [0.15, 0.2) is 58.1 Å². The molecule has 2 aromatic carbocycles. The van der Waals surface area contributed by atoms with Crippen molar-refractivity contribution in [2.24, 2.45) is 0 Å². The van der Waals surface area contributed by atoms with Gasteiger partial charge in [-0.3, -0.25) is 19.1 Å². The fraction of sp³-hybridized carbons (Fsp3) is 0.360. The molecule has 4 rings (SSSR count). The normalized spacial score (nSPS) is 13.8. The van der Waals surface area contributed by atoms with Gasteiger partial charge in [-0.05, 0) is 42.0 Å². The Labute approximate surface area is 207 Å². The molecule has 1 amide bonds. The number of morpholine rings is 1. The van der Waals surface area contributed by atoms with Gasteiger partial charge in [0, 0.05) is 26.2 Å². The summed E-state index contributed by atoms with van der Waals surface area (Å²) < 4.78 is 17.8. The maximum Gasteiger partial charge on any atom is 0.352 e. The summed E-state index contributed by atoms with van der Waals surface area (Å²) in [4.78, 5) is 41.8. The van der Waals surface area contributed by atoms with E-state index in [2.05, 4.69) is 15.3 Å². The van der Waals surface area contributed by atoms with Gasteiger partial charge in [0.1, 0.15) is 11.5 Å². The van der Waals surface area contributed by atoms with Crippen molar-refractivity contribution in [1.29, 1.82) is 0 Å². The van der Waals surface area contributed by atoms with E-state index in [0.29, 0.717) is 49.1 Å². The van der Waals surface area contributed by atoms with E-state index in [1.165, 1.54) is 14.2 Å². The number of rotatable bonds is 9. The molecule has 1 aliphatic rings. The van der Waals surface area contributed by atoms with E-state index in [0.717, 1.165) is 22.3 Å². The summed E-state index contributed by atoms with van der Waals surface area (Å²) in [6.45, 7) is 3.76. The van der Waals surface area contributed by atoms with Crippen LogP contribution in [0.1, 0.15) is 16.1 Å². The highest BCUT2D eigenvalue weighted by Gasteiger charge is 2.21. The molecular formula is C25H29N5O6. The van der Waals surface area contributed by atoms with Crippen molar-refractivity contribution < 1.29 is 19.0 Å². The smallest absolute Gasteiger partial charge is 0.352 e. The Kier molecular flexibility index (Phi) is 8.13. The summed E-state index contributed by atoms with van der Waals surface area (Å²) in [6.07, 6.45) is 0. The molecule has 0 spiro atoms. The molecule has 36 heavy (non-hydrogen) atoms. The maximum absolute atomic E-state index is 13.3. The van der Waals surface area contributed by atoms with Crippen molar-refractivity contribution in [1.82, 2.24) is 24.6 Å². The molecule has 0 aliphatic carbocycles. The van der Waals surface area contributed by atoms with Crippen molar-refractivity contribution in [2.45, 2.75) is 6.54 Å². The summed E-state index contributed by atoms with van der Waals surface area (Å²) in [5.74, 6) is 0.540. The fourth-order valence-electron chi connectivity index (χ4n) is 3.88. The molecule has 1 saturated heterocycles. The Bertz CT molecular complexity index is 1310. The van der Waals surface area contributed by atoms with Gasteiger partial charge in [0.25, 0.3) is 11.5 Å². The van der Waals surface area contributed by atoms with Crippen LogP contribution in [0, 0.1) is 0 Å². The van der Waals surface area contributed by atoms with E-state index in [1.54, 1.807) is 48.5 Å². The Morgan fingerprint density at radius 3 is 2.44 bits per heavy atom. The van der Waals surface area contributed by atoms with Crippen molar-refractivity contribution in [3.8, 4) is 17.2 Å². The van der Waals surface area contributed by atoms with Gasteiger partial charge < -0.3 is 19.5 Å². The van der Waals surface area contributed by atoms with Crippen LogP contribution in [0.3, 0.4) is 0 Å². The highest BCUT2D eigenvalue weighted by Crippen LogP contribution is 2.14. The lowest BCUT2D eigenvalue weighted by molar-refractivity contribution is 0.0383. The molecule has 0 atom stereocenters. The van der Waals surface area contributed by atoms with Gasteiger partial charge in [-0.2, -0.15) is 9.78 Å². The van der Waals surface area contributed by atoms with E-state index in [9.17, 15) is 14.4 Å². The van der Waals surface area contributed by atoms with E-state index < -0.39 is 17.2 Å². The molecule has 3 aromatic rings. The predicted octanol–water partition coefficient (Wildman–Crippen LogP) is 0.522. The minimum absolute atomic E-state index is 0.0540. The van der Waals surface area contributed by atoms with Crippen LogP contribution in [-0.4, -0.2) is 78.8 Å². The summed E-state index contributed by atoms with van der Waals surface area (Å²) in [5.41, 5.74) is -0.744. The van der Waals surface area contributed by atoms with Gasteiger partial charge in [0.15, 0.2) is 0 Å². The number of hydrogen-bond acceptors (Lipinski definition) is 8. The van der Waals surface area contributed by atoms with Crippen LogP contribution in [0.4, 0.5) is 0 Å². The minimum Gasteiger partial charge on any atom is -0.497 e. The van der Waals surface area contributed by atoms with Gasteiger partial charge in [-0.25, -0.2) is 4.79 Å². The molecule has 0 saturated carbocycles. The second kappa shape index (κ2) is 11.6. The lowest BCUT2D eigenvalue weighted by Gasteiger charge is -2.26. The third-order valence-corrected chi connectivity index (χ3v) is 5.88. The zero-order chi connectivity index (χ0) is 25.5. The number of aromatic nitrogens is 3. The second-order valence-corrected chi connectivity index (χ2v) is 8.19. The van der Waals surface area contributed by atoms with Crippen LogP contribution in [-0.2, 0) is 11.3 Å². The van der Waals surface area contributed by atoms with E-state index in [4.69, 9.17) is 14.2 Å². The third kappa shape index (κ3) is 5.81. The van der Waals surface area contributed by atoms with Crippen molar-refractivity contribution >= 4 is 5.91 Å². The van der Waals surface area contributed by atoms with Crippen LogP contribution in [0.5, 0.6) is 11.5 Å². The number of nitrogens with one attached hydrogen (secondary N) is 1. The standard InChI is InChI=1S/C25H29N5O6/c1-34-20-8-6-19(7-9-20)30-25(33)29(17-18-4-3-5-21(16-18)35-2)24(32)22(27-30)23(31)26-10-11-28-12-14-36-15-13-28/h3-9,16H,10-15,17H2,1-2H3,(H,26,31). The Morgan fingerprint density at radius 1 is 1.03 bits per heavy atom. The summed E-state index contributed by atoms with van der Waals surface area (Å²) in [7, 11) is 3.07. The first-order valence-corrected chi connectivity index (χ1v) is 11.6. The second-order valence-electron chi connectivity index (χ2n) is 8.19. The van der Waals surface area contributed by atoms with Gasteiger partial charge in [0.05, 0.1) is 39.7 Å². The number of ether oxygens (including phenoxy) is 3. The number of amides is 1. The number of carbonyl (C=O) groups excluding carboxylic acids is 1. The summed E-state index contributed by atoms with van der Waals surface area (Å²) in [6, 6.07) is 13.6. The molecule has 1 aromatic heterocycles. The number of hydrogen-bond donors (Lipinski definition) is 1. The Morgan fingerprint density at radius 2 is 1.75 bits per heavy atom. The first-order chi connectivity index (χ1) is 17.5. The minimum atomic E-state index is -0.767. The van der Waals surface area contributed by atoms with Crippen molar-refractivity contribution in [3.05, 3.63) is 80.6 Å². The van der Waals surface area contributed by atoms with E-state index >= 15 is 0 Å². The molecule has 2 heterocycles. The van der Waals surface area contributed by atoms with Crippen LogP contribution in [0.2, 0.25) is 0 Å². The molecule has 1 N–H and O–H groups in total. The average Bonchev–Trinajstić information content (AvgIpc) is 2.92. The highest BCUT2D eigenvalue weighted by atomic mass is 16.5. The quantitative estimate of drug-likeness (QED) is 0.457. The van der Waals surface area contributed by atoms with Crippen LogP contribution >= 0.6 is 0 Å². The Balaban J connectivity index is 1.68. The van der Waals surface area contributed by atoms with E-state index in [-0.39, 0.29) is 12.2 Å². The topological polar surface area (TPSA) is 117 Å². The van der Waals surface area contributed by atoms with Gasteiger partial charge >= 0.3 is 5.69 Å². The number of carbonyl (C=O) groups is 1. The van der Waals surface area contributed by atoms with Gasteiger partial charge in [0.2, 0.25) is 5.69 Å². The summed E-state index contributed by atoms with van der Waals surface area (Å²) >= 11 is 0. The SMILES string of the molecule is COc1ccc(-n2nc(C(=O)NCCN3CCOCC3)c(=O)n(Cc3cccc(OC)c3)c2=O)cc1. The Hall–Kier alpha value is -3.96. The molecule has 11 nitrogen and oxygen atoms in total. The van der Waals surface area contributed by atoms with Crippen LogP contribution < -0.4 is 26.0 Å². The maximum atomic E-state index is 13.3. The molecular weight excluding hydrogens is 466 g/mol. The van der Waals surface area contributed by atoms with Crippen LogP contribution in [0.25, 0.3) is 5.69 Å². The van der Waals surface area contributed by atoms with Gasteiger partial charge in [-0.1, -0.05) is 12.1 Å². The molecule has 1 aliphatic heterocycles. The van der Waals surface area contributed by atoms with E-state index in [1.807, 2.05) is 0 Å². The van der Waals surface area contributed by atoms with Crippen molar-refractivity contribution in [2.75, 3.05) is 53.6 Å². The van der Waals surface area contributed by atoms with Crippen molar-refractivity contribution in [3.63, 3.8) is 0 Å². The molecule has 0 unspecified atom stereocenters. The third-order valence-electron chi connectivity index (χ3n) is 5.88. The first kappa shape index (κ1) is 25.1. The molecule has 1 fully saturated rings. The predicted molar refractivity (Wildman–Crippen MR) is 132 cm³/mol. The number of methoxy groups -OCH3 is 2. The lowest BCUT2D eigenvalue weighted by Crippen LogP contribution is -2.47.